The Bertz CT molecular complexity index is 902. The number of benzene rings is 1. The highest BCUT2D eigenvalue weighted by Crippen LogP contribution is 2.51. The number of anilines is 1. The van der Waals surface area contributed by atoms with Crippen LogP contribution in [0.5, 0.6) is 0 Å². The molecule has 150 valence electrons. The van der Waals surface area contributed by atoms with Gasteiger partial charge in [-0.05, 0) is 37.0 Å². The molecule has 1 aromatic carbocycles. The molecule has 1 atom stereocenters. The summed E-state index contributed by atoms with van der Waals surface area (Å²) < 4.78 is 0. The maximum atomic E-state index is 12.6. The number of carbonyl (C=O) groups excluding carboxylic acids is 2. The highest BCUT2D eigenvalue weighted by Gasteiger charge is 2.51. The summed E-state index contributed by atoms with van der Waals surface area (Å²) in [6.45, 7) is 2.07. The van der Waals surface area contributed by atoms with Crippen molar-refractivity contribution in [1.29, 1.82) is 10.5 Å². The fourth-order valence-corrected chi connectivity index (χ4v) is 5.11. The average Bonchev–Trinajstić information content (AvgIpc) is 2.73. The summed E-state index contributed by atoms with van der Waals surface area (Å²) in [4.78, 5) is 24.9. The van der Waals surface area contributed by atoms with E-state index in [4.69, 9.17) is 0 Å². The lowest BCUT2D eigenvalue weighted by molar-refractivity contribution is -0.126. The van der Waals surface area contributed by atoms with Crippen molar-refractivity contribution in [2.24, 2.45) is 11.3 Å². The van der Waals surface area contributed by atoms with Crippen LogP contribution in [-0.2, 0) is 16.0 Å². The van der Waals surface area contributed by atoms with Crippen molar-refractivity contribution < 1.29 is 9.59 Å². The Kier molecular flexibility index (Phi) is 6.61. The molecule has 7 heteroatoms. The molecule has 0 bridgehead atoms. The molecule has 3 rings (SSSR count). The number of nitriles is 2. The van der Waals surface area contributed by atoms with E-state index in [1.54, 1.807) is 0 Å². The van der Waals surface area contributed by atoms with Crippen LogP contribution in [0.2, 0.25) is 0 Å². The second-order valence-electron chi connectivity index (χ2n) is 7.47. The SMILES string of the molecule is CCc1ccc(NC(=O)CSC2=C(C#N)C3(CCCCC3)C(C#N)C(=O)N2)cc1. The lowest BCUT2D eigenvalue weighted by Gasteiger charge is -2.43. The second kappa shape index (κ2) is 9.15. The Balaban J connectivity index is 1.75. The van der Waals surface area contributed by atoms with Crippen molar-refractivity contribution in [2.45, 2.75) is 45.4 Å². The molecular weight excluding hydrogens is 384 g/mol. The summed E-state index contributed by atoms with van der Waals surface area (Å²) in [6.07, 6.45) is 5.07. The number of aryl methyl sites for hydroxylation is 1. The number of thioether (sulfide) groups is 1. The Hall–Kier alpha value is -2.77. The van der Waals surface area contributed by atoms with E-state index in [0.29, 0.717) is 29.1 Å². The first-order valence-electron chi connectivity index (χ1n) is 9.91. The number of nitrogens with one attached hydrogen (secondary N) is 2. The standard InChI is InChI=1S/C22H24N4O2S/c1-2-15-6-8-16(9-7-15)25-19(27)14-29-21-18(13-24)22(10-4-3-5-11-22)17(12-23)20(28)26-21/h6-9,17H,2-5,10-11,14H2,1H3,(H,25,27)(H,26,28). The molecule has 1 aromatic rings. The topological polar surface area (TPSA) is 106 Å². The predicted octanol–water partition coefficient (Wildman–Crippen LogP) is 3.88. The minimum absolute atomic E-state index is 0.0730. The number of nitrogens with zero attached hydrogens (tertiary/aromatic N) is 2. The quantitative estimate of drug-likeness (QED) is 0.769. The zero-order chi connectivity index (χ0) is 20.9. The lowest BCUT2D eigenvalue weighted by Crippen LogP contribution is -2.48. The van der Waals surface area contributed by atoms with Crippen molar-refractivity contribution in [3.63, 3.8) is 0 Å². The van der Waals surface area contributed by atoms with E-state index in [9.17, 15) is 20.1 Å². The predicted molar refractivity (Wildman–Crippen MR) is 112 cm³/mol. The molecule has 2 aliphatic rings. The van der Waals surface area contributed by atoms with Gasteiger partial charge in [0.2, 0.25) is 11.8 Å². The van der Waals surface area contributed by atoms with Crippen LogP contribution in [0.3, 0.4) is 0 Å². The summed E-state index contributed by atoms with van der Waals surface area (Å²) in [7, 11) is 0. The molecule has 0 saturated heterocycles. The fourth-order valence-electron chi connectivity index (χ4n) is 4.20. The first-order valence-corrected chi connectivity index (χ1v) is 10.9. The Morgan fingerprint density at radius 3 is 2.52 bits per heavy atom. The minimum Gasteiger partial charge on any atom is -0.325 e. The minimum atomic E-state index is -0.854. The second-order valence-corrected chi connectivity index (χ2v) is 8.46. The van der Waals surface area contributed by atoms with Crippen LogP contribution >= 0.6 is 11.8 Å². The molecule has 1 saturated carbocycles. The van der Waals surface area contributed by atoms with Crippen molar-refractivity contribution in [3.8, 4) is 12.1 Å². The number of hydrogen-bond acceptors (Lipinski definition) is 5. The maximum absolute atomic E-state index is 12.6. The highest BCUT2D eigenvalue weighted by molar-refractivity contribution is 8.03. The van der Waals surface area contributed by atoms with Crippen LogP contribution in [0.4, 0.5) is 5.69 Å². The fraction of sp³-hybridized carbons (Fsp3) is 0.455. The van der Waals surface area contributed by atoms with Crippen LogP contribution in [0, 0.1) is 34.0 Å². The van der Waals surface area contributed by atoms with E-state index < -0.39 is 11.3 Å². The molecule has 0 radical (unpaired) electrons. The number of allylic oxidation sites excluding steroid dienone is 1. The van der Waals surface area contributed by atoms with Crippen molar-refractivity contribution in [1.82, 2.24) is 5.32 Å². The van der Waals surface area contributed by atoms with Gasteiger partial charge in [0, 0.05) is 11.1 Å². The van der Waals surface area contributed by atoms with Crippen LogP contribution in [0.1, 0.15) is 44.6 Å². The summed E-state index contributed by atoms with van der Waals surface area (Å²) in [5.74, 6) is -1.36. The molecule has 1 aliphatic carbocycles. The molecule has 1 fully saturated rings. The number of rotatable bonds is 5. The summed E-state index contributed by atoms with van der Waals surface area (Å²) in [6, 6.07) is 12.0. The summed E-state index contributed by atoms with van der Waals surface area (Å²) in [5.41, 5.74) is 1.63. The Morgan fingerprint density at radius 1 is 1.24 bits per heavy atom. The largest absolute Gasteiger partial charge is 0.325 e. The van der Waals surface area contributed by atoms with Crippen molar-refractivity contribution in [2.75, 3.05) is 11.1 Å². The van der Waals surface area contributed by atoms with Gasteiger partial charge in [-0.25, -0.2) is 0 Å². The van der Waals surface area contributed by atoms with E-state index in [1.807, 2.05) is 24.3 Å². The van der Waals surface area contributed by atoms with Gasteiger partial charge in [0.1, 0.15) is 5.92 Å². The average molecular weight is 409 g/mol. The zero-order valence-electron chi connectivity index (χ0n) is 16.5. The molecule has 1 spiro atoms. The van der Waals surface area contributed by atoms with Gasteiger partial charge in [-0.15, -0.1) is 0 Å². The highest BCUT2D eigenvalue weighted by atomic mass is 32.2. The Morgan fingerprint density at radius 2 is 1.93 bits per heavy atom. The van der Waals surface area contributed by atoms with Crippen LogP contribution in [0.15, 0.2) is 34.9 Å². The molecule has 6 nitrogen and oxygen atoms in total. The first kappa shape index (κ1) is 21.0. The Labute approximate surface area is 175 Å². The van der Waals surface area contributed by atoms with Crippen LogP contribution in [-0.4, -0.2) is 17.6 Å². The van der Waals surface area contributed by atoms with Crippen molar-refractivity contribution >= 4 is 29.3 Å². The van der Waals surface area contributed by atoms with E-state index in [-0.39, 0.29) is 17.6 Å². The molecular formula is C22H24N4O2S. The van der Waals surface area contributed by atoms with Gasteiger partial charge in [-0.2, -0.15) is 10.5 Å². The van der Waals surface area contributed by atoms with Crippen LogP contribution < -0.4 is 10.6 Å². The summed E-state index contributed by atoms with van der Waals surface area (Å²) >= 11 is 1.15. The molecule has 29 heavy (non-hydrogen) atoms. The van der Waals surface area contributed by atoms with E-state index >= 15 is 0 Å². The maximum Gasteiger partial charge on any atom is 0.243 e. The van der Waals surface area contributed by atoms with E-state index in [1.165, 1.54) is 5.56 Å². The molecule has 1 heterocycles. The van der Waals surface area contributed by atoms with Gasteiger partial charge in [0.25, 0.3) is 0 Å². The van der Waals surface area contributed by atoms with Crippen molar-refractivity contribution in [3.05, 3.63) is 40.4 Å². The normalized spacial score (nSPS) is 20.5. The smallest absolute Gasteiger partial charge is 0.243 e. The zero-order valence-corrected chi connectivity index (χ0v) is 17.3. The van der Waals surface area contributed by atoms with Gasteiger partial charge in [-0.3, -0.25) is 9.59 Å². The van der Waals surface area contributed by atoms with Gasteiger partial charge < -0.3 is 10.6 Å². The molecule has 2 amide bonds. The molecule has 0 aromatic heterocycles. The van der Waals surface area contributed by atoms with Crippen LogP contribution in [0.25, 0.3) is 0 Å². The summed E-state index contributed by atoms with van der Waals surface area (Å²) in [5, 5.41) is 25.4. The number of hydrogen-bond donors (Lipinski definition) is 2. The first-order chi connectivity index (χ1) is 14.0. The number of carbonyl (C=O) groups is 2. The lowest BCUT2D eigenvalue weighted by atomic mass is 9.61. The molecule has 2 N–H and O–H groups in total. The molecule has 1 aliphatic heterocycles. The molecule has 1 unspecified atom stereocenters. The third kappa shape index (κ3) is 4.31. The third-order valence-corrected chi connectivity index (χ3v) is 6.76. The third-order valence-electron chi connectivity index (χ3n) is 5.76. The van der Waals surface area contributed by atoms with Gasteiger partial charge in [0.15, 0.2) is 0 Å². The van der Waals surface area contributed by atoms with E-state index in [0.717, 1.165) is 37.4 Å². The monoisotopic (exact) mass is 408 g/mol. The van der Waals surface area contributed by atoms with Gasteiger partial charge in [-0.1, -0.05) is 50.1 Å². The van der Waals surface area contributed by atoms with E-state index in [2.05, 4.69) is 29.7 Å². The van der Waals surface area contributed by atoms with Gasteiger partial charge in [0.05, 0.1) is 28.5 Å². The number of amides is 2. The van der Waals surface area contributed by atoms with Gasteiger partial charge >= 0.3 is 0 Å².